The van der Waals surface area contributed by atoms with Gasteiger partial charge in [-0.2, -0.15) is 0 Å². The molecule has 0 aromatic heterocycles. The second-order valence-electron chi connectivity index (χ2n) is 6.97. The number of carbonyl (C=O) groups is 2. The van der Waals surface area contributed by atoms with Gasteiger partial charge in [0.2, 0.25) is 0 Å². The number of carbonyl (C=O) groups excluding carboxylic acids is 2. The lowest BCUT2D eigenvalue weighted by Crippen LogP contribution is -2.37. The van der Waals surface area contributed by atoms with Gasteiger partial charge in [0.05, 0.1) is 13.7 Å². The lowest BCUT2D eigenvalue weighted by atomic mass is 10.00. The molecule has 6 nitrogen and oxygen atoms in total. The van der Waals surface area contributed by atoms with E-state index in [0.29, 0.717) is 31.2 Å². The quantitative estimate of drug-likeness (QED) is 0.477. The number of hydrogen-bond acceptors (Lipinski definition) is 5. The number of amides is 1. The van der Waals surface area contributed by atoms with Gasteiger partial charge < -0.3 is 19.1 Å². The SMILES string of the molecule is CCOc1ccc(/C=C/C(=O)OCC(=O)N2CC=C(c3ccccc3)CC2)cc1OC. The Morgan fingerprint density at radius 3 is 2.58 bits per heavy atom. The largest absolute Gasteiger partial charge is 0.493 e. The summed E-state index contributed by atoms with van der Waals surface area (Å²) in [5.41, 5.74) is 3.17. The Bertz CT molecular complexity index is 965. The third kappa shape index (κ3) is 6.22. The highest BCUT2D eigenvalue weighted by atomic mass is 16.5. The molecule has 1 amide bonds. The second kappa shape index (κ2) is 11.0. The molecule has 31 heavy (non-hydrogen) atoms. The van der Waals surface area contributed by atoms with Gasteiger partial charge >= 0.3 is 5.97 Å². The normalized spacial score (nSPS) is 13.6. The number of hydrogen-bond donors (Lipinski definition) is 0. The van der Waals surface area contributed by atoms with Crippen molar-refractivity contribution >= 4 is 23.5 Å². The Hall–Kier alpha value is -3.54. The highest BCUT2D eigenvalue weighted by Gasteiger charge is 2.18. The van der Waals surface area contributed by atoms with Crippen LogP contribution in [0.2, 0.25) is 0 Å². The first-order valence-electron chi connectivity index (χ1n) is 10.3. The van der Waals surface area contributed by atoms with Crippen LogP contribution in [-0.2, 0) is 14.3 Å². The zero-order valence-electron chi connectivity index (χ0n) is 17.9. The summed E-state index contributed by atoms with van der Waals surface area (Å²) >= 11 is 0. The van der Waals surface area contributed by atoms with Crippen molar-refractivity contribution in [3.05, 3.63) is 71.8 Å². The molecule has 2 aromatic carbocycles. The van der Waals surface area contributed by atoms with Gasteiger partial charge in [0, 0.05) is 19.2 Å². The van der Waals surface area contributed by atoms with E-state index in [9.17, 15) is 9.59 Å². The fourth-order valence-corrected chi connectivity index (χ4v) is 3.31. The van der Waals surface area contributed by atoms with Crippen LogP contribution in [0.25, 0.3) is 11.6 Å². The lowest BCUT2D eigenvalue weighted by molar-refractivity contribution is -0.147. The molecule has 0 radical (unpaired) electrons. The smallest absolute Gasteiger partial charge is 0.331 e. The van der Waals surface area contributed by atoms with E-state index in [4.69, 9.17) is 14.2 Å². The van der Waals surface area contributed by atoms with E-state index in [2.05, 4.69) is 18.2 Å². The maximum absolute atomic E-state index is 12.4. The monoisotopic (exact) mass is 421 g/mol. The molecule has 2 aromatic rings. The van der Waals surface area contributed by atoms with Gasteiger partial charge in [0.1, 0.15) is 0 Å². The highest BCUT2D eigenvalue weighted by molar-refractivity contribution is 5.89. The zero-order chi connectivity index (χ0) is 22.1. The van der Waals surface area contributed by atoms with Gasteiger partial charge in [-0.15, -0.1) is 0 Å². The molecule has 0 fully saturated rings. The summed E-state index contributed by atoms with van der Waals surface area (Å²) in [6.07, 6.45) is 5.74. The molecular weight excluding hydrogens is 394 g/mol. The van der Waals surface area contributed by atoms with Crippen molar-refractivity contribution in [3.63, 3.8) is 0 Å². The summed E-state index contributed by atoms with van der Waals surface area (Å²) in [5, 5.41) is 0. The minimum Gasteiger partial charge on any atom is -0.493 e. The standard InChI is InChI=1S/C25H27NO5/c1-3-30-22-11-9-19(17-23(22)29-2)10-12-25(28)31-18-24(27)26-15-13-21(14-16-26)20-7-5-4-6-8-20/h4-13,17H,3,14-16,18H2,1-2H3/b12-10+. The van der Waals surface area contributed by atoms with E-state index in [1.165, 1.54) is 17.2 Å². The molecule has 6 heteroatoms. The topological polar surface area (TPSA) is 65.1 Å². The third-order valence-corrected chi connectivity index (χ3v) is 4.94. The molecule has 0 saturated heterocycles. The van der Waals surface area contributed by atoms with Crippen LogP contribution in [0.5, 0.6) is 11.5 Å². The lowest BCUT2D eigenvalue weighted by Gasteiger charge is -2.26. The molecule has 1 heterocycles. The van der Waals surface area contributed by atoms with Crippen molar-refractivity contribution in [2.24, 2.45) is 0 Å². The highest BCUT2D eigenvalue weighted by Crippen LogP contribution is 2.28. The van der Waals surface area contributed by atoms with E-state index < -0.39 is 5.97 Å². The molecule has 3 rings (SSSR count). The minimum absolute atomic E-state index is 0.201. The number of rotatable bonds is 8. The van der Waals surface area contributed by atoms with Crippen LogP contribution in [0.4, 0.5) is 0 Å². The molecule has 1 aliphatic heterocycles. The molecule has 0 atom stereocenters. The Morgan fingerprint density at radius 2 is 1.90 bits per heavy atom. The van der Waals surface area contributed by atoms with Crippen molar-refractivity contribution < 1.29 is 23.8 Å². The molecule has 0 spiro atoms. The van der Waals surface area contributed by atoms with Crippen LogP contribution in [-0.4, -0.2) is 50.2 Å². The van der Waals surface area contributed by atoms with Gasteiger partial charge in [-0.05, 0) is 48.3 Å². The van der Waals surface area contributed by atoms with E-state index in [-0.39, 0.29) is 12.5 Å². The number of nitrogens with zero attached hydrogens (tertiary/aromatic N) is 1. The maximum Gasteiger partial charge on any atom is 0.331 e. The van der Waals surface area contributed by atoms with Gasteiger partial charge in [0.25, 0.3) is 5.91 Å². The average molecular weight is 421 g/mol. The average Bonchev–Trinajstić information content (AvgIpc) is 2.82. The zero-order valence-corrected chi connectivity index (χ0v) is 17.9. The molecule has 1 aliphatic rings. The summed E-state index contributed by atoms with van der Waals surface area (Å²) in [6.45, 7) is 3.28. The van der Waals surface area contributed by atoms with Crippen LogP contribution < -0.4 is 9.47 Å². The number of methoxy groups -OCH3 is 1. The van der Waals surface area contributed by atoms with Crippen LogP contribution >= 0.6 is 0 Å². The Labute approximate surface area is 182 Å². The first kappa shape index (κ1) is 22.2. The van der Waals surface area contributed by atoms with Crippen molar-refractivity contribution in [1.29, 1.82) is 0 Å². The van der Waals surface area contributed by atoms with E-state index in [0.717, 1.165) is 12.0 Å². The van der Waals surface area contributed by atoms with Gasteiger partial charge in [-0.1, -0.05) is 42.5 Å². The van der Waals surface area contributed by atoms with Crippen molar-refractivity contribution in [1.82, 2.24) is 4.90 Å². The Balaban J connectivity index is 1.48. The van der Waals surface area contributed by atoms with E-state index in [1.54, 1.807) is 30.2 Å². The molecule has 0 saturated carbocycles. The third-order valence-electron chi connectivity index (χ3n) is 4.94. The Morgan fingerprint density at radius 1 is 1.10 bits per heavy atom. The number of ether oxygens (including phenoxy) is 3. The summed E-state index contributed by atoms with van der Waals surface area (Å²) < 4.78 is 15.9. The molecule has 0 bridgehead atoms. The first-order valence-corrected chi connectivity index (χ1v) is 10.3. The minimum atomic E-state index is -0.571. The van der Waals surface area contributed by atoms with E-state index in [1.807, 2.05) is 31.2 Å². The van der Waals surface area contributed by atoms with Crippen LogP contribution in [0, 0.1) is 0 Å². The van der Waals surface area contributed by atoms with Gasteiger partial charge in [-0.3, -0.25) is 4.79 Å². The molecule has 0 unspecified atom stereocenters. The van der Waals surface area contributed by atoms with Gasteiger partial charge in [0.15, 0.2) is 18.1 Å². The number of esters is 1. The van der Waals surface area contributed by atoms with Gasteiger partial charge in [-0.25, -0.2) is 4.79 Å². The fourth-order valence-electron chi connectivity index (χ4n) is 3.31. The van der Waals surface area contributed by atoms with Crippen LogP contribution in [0.1, 0.15) is 24.5 Å². The van der Waals surface area contributed by atoms with Crippen molar-refractivity contribution in [2.45, 2.75) is 13.3 Å². The van der Waals surface area contributed by atoms with Crippen molar-refractivity contribution in [2.75, 3.05) is 33.4 Å². The van der Waals surface area contributed by atoms with E-state index >= 15 is 0 Å². The van der Waals surface area contributed by atoms with Crippen LogP contribution in [0.3, 0.4) is 0 Å². The second-order valence-corrected chi connectivity index (χ2v) is 6.97. The molecule has 0 N–H and O–H groups in total. The molecule has 162 valence electrons. The summed E-state index contributed by atoms with van der Waals surface area (Å²) in [5.74, 6) is 0.452. The summed E-state index contributed by atoms with van der Waals surface area (Å²) in [4.78, 5) is 26.1. The molecular formula is C25H27NO5. The summed E-state index contributed by atoms with van der Waals surface area (Å²) in [7, 11) is 1.56. The predicted octanol–water partition coefficient (Wildman–Crippen LogP) is 3.97. The maximum atomic E-state index is 12.4. The predicted molar refractivity (Wildman–Crippen MR) is 120 cm³/mol. The number of benzene rings is 2. The first-order chi connectivity index (χ1) is 15.1. The molecule has 0 aliphatic carbocycles. The van der Waals surface area contributed by atoms with Crippen molar-refractivity contribution in [3.8, 4) is 11.5 Å². The Kier molecular flexibility index (Phi) is 7.87. The summed E-state index contributed by atoms with van der Waals surface area (Å²) in [6, 6.07) is 15.5. The van der Waals surface area contributed by atoms with Crippen LogP contribution in [0.15, 0.2) is 60.7 Å². The fraction of sp³-hybridized carbons (Fsp3) is 0.280.